The van der Waals surface area contributed by atoms with Gasteiger partial charge < -0.3 is 10.1 Å². The third-order valence-corrected chi connectivity index (χ3v) is 2.48. The Hall–Kier alpha value is -1.02. The largest absolute Gasteiger partial charge is 0.493 e. The first-order valence-electron chi connectivity index (χ1n) is 6.48. The van der Waals surface area contributed by atoms with Crippen LogP contribution < -0.4 is 10.1 Å². The van der Waals surface area contributed by atoms with Gasteiger partial charge in [0.25, 0.3) is 0 Å². The fourth-order valence-corrected chi connectivity index (χ4v) is 1.64. The molecule has 0 heterocycles. The molecule has 0 aliphatic carbocycles. The zero-order valence-electron chi connectivity index (χ0n) is 11.5. The van der Waals surface area contributed by atoms with Crippen LogP contribution >= 0.6 is 0 Å². The van der Waals surface area contributed by atoms with E-state index in [2.05, 4.69) is 51.2 Å². The number of ether oxygens (including phenoxy) is 1. The van der Waals surface area contributed by atoms with Crippen molar-refractivity contribution >= 4 is 0 Å². The summed E-state index contributed by atoms with van der Waals surface area (Å²) in [5.41, 5.74) is 1.47. The van der Waals surface area contributed by atoms with Gasteiger partial charge in [-0.3, -0.25) is 0 Å². The first-order valence-corrected chi connectivity index (χ1v) is 6.48. The molecule has 1 N–H and O–H groups in total. The first kappa shape index (κ1) is 14.0. The molecule has 0 radical (unpaired) electrons. The van der Waals surface area contributed by atoms with Gasteiger partial charge >= 0.3 is 0 Å². The van der Waals surface area contributed by atoms with Crippen molar-refractivity contribution in [3.8, 4) is 5.75 Å². The van der Waals surface area contributed by atoms with E-state index in [1.165, 1.54) is 5.56 Å². The minimum Gasteiger partial charge on any atom is -0.493 e. The molecule has 96 valence electrons. The summed E-state index contributed by atoms with van der Waals surface area (Å²) in [7, 11) is 0. The molecule has 2 heteroatoms. The van der Waals surface area contributed by atoms with Crippen molar-refractivity contribution in [2.75, 3.05) is 13.2 Å². The van der Waals surface area contributed by atoms with Crippen LogP contribution in [0.2, 0.25) is 0 Å². The second kappa shape index (κ2) is 6.65. The summed E-state index contributed by atoms with van der Waals surface area (Å²) < 4.78 is 5.74. The monoisotopic (exact) mass is 235 g/mol. The molecule has 1 rings (SSSR count). The SMILES string of the molecule is CCCOc1ccccc1CCNC(C)(C)C. The Balaban J connectivity index is 2.51. The number of nitrogens with one attached hydrogen (secondary N) is 1. The highest BCUT2D eigenvalue weighted by Crippen LogP contribution is 2.18. The maximum Gasteiger partial charge on any atom is 0.122 e. The van der Waals surface area contributed by atoms with E-state index in [0.29, 0.717) is 0 Å². The lowest BCUT2D eigenvalue weighted by Crippen LogP contribution is -2.37. The lowest BCUT2D eigenvalue weighted by molar-refractivity contribution is 0.313. The summed E-state index contributed by atoms with van der Waals surface area (Å²) in [6.45, 7) is 10.5. The van der Waals surface area contributed by atoms with Crippen molar-refractivity contribution in [1.29, 1.82) is 0 Å². The lowest BCUT2D eigenvalue weighted by Gasteiger charge is -2.21. The van der Waals surface area contributed by atoms with Gasteiger partial charge in [0.2, 0.25) is 0 Å². The van der Waals surface area contributed by atoms with Gasteiger partial charge in [0.1, 0.15) is 5.75 Å². The fourth-order valence-electron chi connectivity index (χ4n) is 1.64. The molecule has 0 spiro atoms. The van der Waals surface area contributed by atoms with Crippen LogP contribution in [-0.2, 0) is 6.42 Å². The fraction of sp³-hybridized carbons (Fsp3) is 0.600. The average Bonchev–Trinajstić information content (AvgIpc) is 2.26. The molecule has 0 bridgehead atoms. The van der Waals surface area contributed by atoms with Gasteiger partial charge in [0.05, 0.1) is 6.61 Å². The van der Waals surface area contributed by atoms with E-state index in [9.17, 15) is 0 Å². The number of rotatable bonds is 6. The Morgan fingerprint density at radius 3 is 2.53 bits per heavy atom. The third kappa shape index (κ3) is 5.73. The van der Waals surface area contributed by atoms with Crippen LogP contribution in [0.5, 0.6) is 5.75 Å². The summed E-state index contributed by atoms with van der Waals surface area (Å²) in [6, 6.07) is 8.31. The molecule has 17 heavy (non-hydrogen) atoms. The van der Waals surface area contributed by atoms with E-state index >= 15 is 0 Å². The summed E-state index contributed by atoms with van der Waals surface area (Å²) in [6.07, 6.45) is 2.06. The number of para-hydroxylation sites is 1. The lowest BCUT2D eigenvalue weighted by atomic mass is 10.1. The minimum absolute atomic E-state index is 0.180. The summed E-state index contributed by atoms with van der Waals surface area (Å²) in [5.74, 6) is 1.03. The predicted molar refractivity (Wildman–Crippen MR) is 73.7 cm³/mol. The maximum atomic E-state index is 5.74. The molecule has 0 aliphatic heterocycles. The molecule has 0 saturated carbocycles. The van der Waals surface area contributed by atoms with Crippen molar-refractivity contribution in [2.24, 2.45) is 0 Å². The Labute approximate surface area is 105 Å². The van der Waals surface area contributed by atoms with E-state index in [0.717, 1.165) is 31.7 Å². The van der Waals surface area contributed by atoms with E-state index in [-0.39, 0.29) is 5.54 Å². The highest BCUT2D eigenvalue weighted by Gasteiger charge is 2.09. The number of benzene rings is 1. The molecule has 1 aromatic carbocycles. The van der Waals surface area contributed by atoms with Gasteiger partial charge in [-0.2, -0.15) is 0 Å². The Bertz CT molecular complexity index is 328. The van der Waals surface area contributed by atoms with Gasteiger partial charge in [0, 0.05) is 5.54 Å². The molecule has 0 saturated heterocycles. The highest BCUT2D eigenvalue weighted by atomic mass is 16.5. The molecule has 0 fully saturated rings. The summed E-state index contributed by atoms with van der Waals surface area (Å²) in [5, 5.41) is 3.50. The normalized spacial score (nSPS) is 11.5. The second-order valence-electron chi connectivity index (χ2n) is 5.38. The first-order chi connectivity index (χ1) is 8.03. The van der Waals surface area contributed by atoms with Crippen LogP contribution in [0.1, 0.15) is 39.7 Å². The molecular formula is C15H25NO. The van der Waals surface area contributed by atoms with Crippen LogP contribution in [0.4, 0.5) is 0 Å². The summed E-state index contributed by atoms with van der Waals surface area (Å²) in [4.78, 5) is 0. The maximum absolute atomic E-state index is 5.74. The zero-order chi connectivity index (χ0) is 12.7. The van der Waals surface area contributed by atoms with Crippen molar-refractivity contribution in [3.63, 3.8) is 0 Å². The number of hydrogen-bond acceptors (Lipinski definition) is 2. The molecule has 0 amide bonds. The minimum atomic E-state index is 0.180. The van der Waals surface area contributed by atoms with Crippen LogP contribution in [0.3, 0.4) is 0 Å². The molecule has 1 aromatic rings. The van der Waals surface area contributed by atoms with Crippen LogP contribution in [-0.4, -0.2) is 18.7 Å². The second-order valence-corrected chi connectivity index (χ2v) is 5.38. The molecular weight excluding hydrogens is 210 g/mol. The van der Waals surface area contributed by atoms with Crippen molar-refractivity contribution in [2.45, 2.75) is 46.1 Å². The van der Waals surface area contributed by atoms with Crippen LogP contribution in [0.25, 0.3) is 0 Å². The van der Waals surface area contributed by atoms with Gasteiger partial charge in [0.15, 0.2) is 0 Å². The van der Waals surface area contributed by atoms with Crippen LogP contribution in [0, 0.1) is 0 Å². The average molecular weight is 235 g/mol. The molecule has 0 unspecified atom stereocenters. The molecule has 2 nitrogen and oxygen atoms in total. The number of hydrogen-bond donors (Lipinski definition) is 1. The summed E-state index contributed by atoms with van der Waals surface area (Å²) >= 11 is 0. The van der Waals surface area contributed by atoms with Crippen molar-refractivity contribution in [1.82, 2.24) is 5.32 Å². The highest BCUT2D eigenvalue weighted by molar-refractivity contribution is 5.33. The van der Waals surface area contributed by atoms with E-state index < -0.39 is 0 Å². The molecule has 0 aromatic heterocycles. The van der Waals surface area contributed by atoms with Gasteiger partial charge in [-0.25, -0.2) is 0 Å². The van der Waals surface area contributed by atoms with E-state index in [1.54, 1.807) is 0 Å². The third-order valence-electron chi connectivity index (χ3n) is 2.48. The standard InChI is InChI=1S/C15H25NO/c1-5-12-17-14-9-7-6-8-13(14)10-11-16-15(2,3)4/h6-9,16H,5,10-12H2,1-4H3. The topological polar surface area (TPSA) is 21.3 Å². The van der Waals surface area contributed by atoms with Gasteiger partial charge in [-0.05, 0) is 51.8 Å². The zero-order valence-corrected chi connectivity index (χ0v) is 11.5. The smallest absolute Gasteiger partial charge is 0.122 e. The van der Waals surface area contributed by atoms with Gasteiger partial charge in [-0.1, -0.05) is 25.1 Å². The molecule has 0 aliphatic rings. The van der Waals surface area contributed by atoms with Crippen molar-refractivity contribution in [3.05, 3.63) is 29.8 Å². The van der Waals surface area contributed by atoms with Crippen molar-refractivity contribution < 1.29 is 4.74 Å². The predicted octanol–water partition coefficient (Wildman–Crippen LogP) is 3.41. The Kier molecular flexibility index (Phi) is 5.49. The van der Waals surface area contributed by atoms with E-state index in [4.69, 9.17) is 4.74 Å². The Morgan fingerprint density at radius 1 is 1.18 bits per heavy atom. The van der Waals surface area contributed by atoms with E-state index in [1.807, 2.05) is 6.07 Å². The molecule has 0 atom stereocenters. The van der Waals surface area contributed by atoms with Crippen LogP contribution in [0.15, 0.2) is 24.3 Å². The van der Waals surface area contributed by atoms with Gasteiger partial charge in [-0.15, -0.1) is 0 Å². The Morgan fingerprint density at radius 2 is 1.88 bits per heavy atom. The quantitative estimate of drug-likeness (QED) is 0.816.